The van der Waals surface area contributed by atoms with Crippen molar-refractivity contribution in [3.63, 3.8) is 0 Å². The summed E-state index contributed by atoms with van der Waals surface area (Å²) in [5.74, 6) is -0.0527. The monoisotopic (exact) mass is 323 g/mol. The number of benzene rings is 1. The van der Waals surface area contributed by atoms with Crippen molar-refractivity contribution in [1.29, 1.82) is 0 Å². The molecule has 1 aliphatic rings. The van der Waals surface area contributed by atoms with E-state index in [2.05, 4.69) is 24.1 Å². The number of carbonyl (C=O) groups is 2. The molecule has 0 spiro atoms. The molecule has 1 aliphatic heterocycles. The number of rotatable bonds is 4. The Hall–Kier alpha value is -2.69. The van der Waals surface area contributed by atoms with E-state index in [1.165, 1.54) is 5.56 Å². The van der Waals surface area contributed by atoms with E-state index in [9.17, 15) is 9.59 Å². The molecule has 1 unspecified atom stereocenters. The molecule has 0 radical (unpaired) electrons. The molecule has 24 heavy (non-hydrogen) atoms. The van der Waals surface area contributed by atoms with Crippen molar-refractivity contribution in [1.82, 2.24) is 4.98 Å². The molecule has 0 saturated carbocycles. The van der Waals surface area contributed by atoms with Gasteiger partial charge in [0.15, 0.2) is 0 Å². The second-order valence-electron chi connectivity index (χ2n) is 6.38. The molecule has 1 atom stereocenters. The van der Waals surface area contributed by atoms with Crippen molar-refractivity contribution >= 4 is 23.2 Å². The van der Waals surface area contributed by atoms with Crippen molar-refractivity contribution in [3.8, 4) is 0 Å². The minimum absolute atomic E-state index is 0.0432. The first kappa shape index (κ1) is 16.2. The van der Waals surface area contributed by atoms with Gasteiger partial charge in [0.2, 0.25) is 11.8 Å². The molecule has 1 fully saturated rings. The Morgan fingerprint density at radius 1 is 1.25 bits per heavy atom. The van der Waals surface area contributed by atoms with E-state index in [1.807, 2.05) is 30.3 Å². The molecule has 2 amide bonds. The summed E-state index contributed by atoms with van der Waals surface area (Å²) in [5.41, 5.74) is 2.72. The van der Waals surface area contributed by atoms with Crippen LogP contribution in [0.4, 0.5) is 11.4 Å². The first-order valence-corrected chi connectivity index (χ1v) is 8.16. The molecule has 2 heterocycles. The van der Waals surface area contributed by atoms with Crippen LogP contribution in [-0.4, -0.2) is 23.3 Å². The predicted octanol–water partition coefficient (Wildman–Crippen LogP) is 3.20. The first-order chi connectivity index (χ1) is 11.5. The number of hydrogen-bond acceptors (Lipinski definition) is 3. The molecule has 1 saturated heterocycles. The predicted molar refractivity (Wildman–Crippen MR) is 93.9 cm³/mol. The molecular weight excluding hydrogens is 302 g/mol. The minimum atomic E-state index is -0.345. The summed E-state index contributed by atoms with van der Waals surface area (Å²) in [7, 11) is 0. The van der Waals surface area contributed by atoms with Crippen LogP contribution in [0, 0.1) is 5.92 Å². The van der Waals surface area contributed by atoms with Crippen molar-refractivity contribution in [2.75, 3.05) is 16.8 Å². The van der Waals surface area contributed by atoms with Gasteiger partial charge in [0, 0.05) is 24.8 Å². The molecule has 2 aromatic rings. The number of carbonyl (C=O) groups excluding carboxylic acids is 2. The first-order valence-electron chi connectivity index (χ1n) is 8.16. The number of nitrogens with one attached hydrogen (secondary N) is 1. The number of nitrogens with zero attached hydrogens (tertiary/aromatic N) is 2. The van der Waals surface area contributed by atoms with E-state index in [0.29, 0.717) is 12.5 Å². The molecule has 0 bridgehead atoms. The van der Waals surface area contributed by atoms with Gasteiger partial charge in [-0.3, -0.25) is 14.6 Å². The second-order valence-corrected chi connectivity index (χ2v) is 6.38. The Kier molecular flexibility index (Phi) is 4.60. The standard InChI is InChI=1S/C19H21N3O2/c1-13(2)14-5-7-16(8-6-14)21-19(24)15-10-18(23)22(12-15)17-4-3-9-20-11-17/h3-9,11,13,15H,10,12H2,1-2H3,(H,21,24). The number of hydrogen-bond donors (Lipinski definition) is 1. The van der Waals surface area contributed by atoms with Crippen LogP contribution in [0.3, 0.4) is 0 Å². The zero-order chi connectivity index (χ0) is 17.1. The molecule has 1 N–H and O–H groups in total. The van der Waals surface area contributed by atoms with Gasteiger partial charge >= 0.3 is 0 Å². The highest BCUT2D eigenvalue weighted by Gasteiger charge is 2.35. The van der Waals surface area contributed by atoms with Crippen LogP contribution in [0.25, 0.3) is 0 Å². The van der Waals surface area contributed by atoms with Crippen molar-refractivity contribution in [3.05, 3.63) is 54.4 Å². The molecule has 5 heteroatoms. The maximum atomic E-state index is 12.5. The number of pyridine rings is 1. The Balaban J connectivity index is 1.65. The summed E-state index contributed by atoms with van der Waals surface area (Å²) in [6.07, 6.45) is 3.53. The largest absolute Gasteiger partial charge is 0.326 e. The number of aromatic nitrogens is 1. The highest BCUT2D eigenvalue weighted by molar-refractivity contribution is 6.03. The van der Waals surface area contributed by atoms with E-state index >= 15 is 0 Å². The Bertz CT molecular complexity index is 726. The van der Waals surface area contributed by atoms with Gasteiger partial charge in [-0.25, -0.2) is 0 Å². The molecule has 5 nitrogen and oxygen atoms in total. The minimum Gasteiger partial charge on any atom is -0.326 e. The molecule has 3 rings (SSSR count). The van der Waals surface area contributed by atoms with Crippen molar-refractivity contribution < 1.29 is 9.59 Å². The molecule has 0 aliphatic carbocycles. The van der Waals surface area contributed by atoms with Gasteiger partial charge in [-0.1, -0.05) is 26.0 Å². The van der Waals surface area contributed by atoms with Crippen molar-refractivity contribution in [2.45, 2.75) is 26.2 Å². The summed E-state index contributed by atoms with van der Waals surface area (Å²) >= 11 is 0. The average molecular weight is 323 g/mol. The molecule has 1 aromatic carbocycles. The fourth-order valence-electron chi connectivity index (χ4n) is 2.84. The molecule has 1 aromatic heterocycles. The van der Waals surface area contributed by atoms with E-state index in [1.54, 1.807) is 23.4 Å². The Labute approximate surface area is 141 Å². The fraction of sp³-hybridized carbons (Fsp3) is 0.316. The lowest BCUT2D eigenvalue weighted by Gasteiger charge is -2.16. The third kappa shape index (κ3) is 3.45. The summed E-state index contributed by atoms with van der Waals surface area (Å²) in [4.78, 5) is 30.3. The third-order valence-corrected chi connectivity index (χ3v) is 4.30. The summed E-state index contributed by atoms with van der Waals surface area (Å²) in [5, 5.41) is 2.91. The van der Waals surface area contributed by atoms with Gasteiger partial charge in [-0.15, -0.1) is 0 Å². The van der Waals surface area contributed by atoms with Gasteiger partial charge in [0.05, 0.1) is 17.8 Å². The smallest absolute Gasteiger partial charge is 0.229 e. The zero-order valence-electron chi connectivity index (χ0n) is 13.9. The van der Waals surface area contributed by atoms with Gasteiger partial charge in [-0.2, -0.15) is 0 Å². The Morgan fingerprint density at radius 3 is 2.62 bits per heavy atom. The molecular formula is C19H21N3O2. The van der Waals surface area contributed by atoms with E-state index < -0.39 is 0 Å². The van der Waals surface area contributed by atoms with E-state index in [-0.39, 0.29) is 24.2 Å². The lowest BCUT2D eigenvalue weighted by atomic mass is 10.0. The lowest BCUT2D eigenvalue weighted by Crippen LogP contribution is -2.28. The van der Waals surface area contributed by atoms with E-state index in [0.717, 1.165) is 11.4 Å². The highest BCUT2D eigenvalue weighted by atomic mass is 16.2. The van der Waals surface area contributed by atoms with Crippen LogP contribution in [0.5, 0.6) is 0 Å². The van der Waals surface area contributed by atoms with Gasteiger partial charge < -0.3 is 10.2 Å². The van der Waals surface area contributed by atoms with Gasteiger partial charge in [-0.05, 0) is 35.7 Å². The van der Waals surface area contributed by atoms with Crippen LogP contribution >= 0.6 is 0 Å². The maximum absolute atomic E-state index is 12.5. The van der Waals surface area contributed by atoms with Crippen LogP contribution in [-0.2, 0) is 9.59 Å². The van der Waals surface area contributed by atoms with Crippen LogP contribution < -0.4 is 10.2 Å². The normalized spacial score (nSPS) is 17.4. The van der Waals surface area contributed by atoms with Crippen molar-refractivity contribution in [2.24, 2.45) is 5.92 Å². The summed E-state index contributed by atoms with van der Waals surface area (Å²) < 4.78 is 0. The second kappa shape index (κ2) is 6.83. The number of anilines is 2. The maximum Gasteiger partial charge on any atom is 0.229 e. The van der Waals surface area contributed by atoms with Crippen LogP contribution in [0.2, 0.25) is 0 Å². The average Bonchev–Trinajstić information content (AvgIpc) is 2.98. The zero-order valence-corrected chi connectivity index (χ0v) is 13.9. The topological polar surface area (TPSA) is 62.3 Å². The van der Waals surface area contributed by atoms with E-state index in [4.69, 9.17) is 0 Å². The fourth-order valence-corrected chi connectivity index (χ4v) is 2.84. The number of amides is 2. The van der Waals surface area contributed by atoms with Crippen LogP contribution in [0.15, 0.2) is 48.8 Å². The highest BCUT2D eigenvalue weighted by Crippen LogP contribution is 2.25. The van der Waals surface area contributed by atoms with Gasteiger partial charge in [0.25, 0.3) is 0 Å². The summed E-state index contributed by atoms with van der Waals surface area (Å²) in [6, 6.07) is 11.5. The van der Waals surface area contributed by atoms with Gasteiger partial charge in [0.1, 0.15) is 0 Å². The summed E-state index contributed by atoms with van der Waals surface area (Å²) in [6.45, 7) is 4.65. The SMILES string of the molecule is CC(C)c1ccc(NC(=O)C2CC(=O)N(c3cccnc3)C2)cc1. The third-order valence-electron chi connectivity index (χ3n) is 4.30. The molecule has 124 valence electrons. The Morgan fingerprint density at radius 2 is 2.00 bits per heavy atom. The quantitative estimate of drug-likeness (QED) is 0.940. The van der Waals surface area contributed by atoms with Crippen LogP contribution in [0.1, 0.15) is 31.7 Å². The lowest BCUT2D eigenvalue weighted by molar-refractivity contribution is -0.122.